The van der Waals surface area contributed by atoms with Crippen molar-refractivity contribution in [1.29, 1.82) is 0 Å². The van der Waals surface area contributed by atoms with Gasteiger partial charge in [-0.1, -0.05) is 30.1 Å². The summed E-state index contributed by atoms with van der Waals surface area (Å²) in [6.45, 7) is 4.40. The molecule has 1 heterocycles. The van der Waals surface area contributed by atoms with Crippen LogP contribution in [0.4, 0.5) is 0 Å². The molecule has 0 aliphatic carbocycles. The molecule has 5 heteroatoms. The van der Waals surface area contributed by atoms with Gasteiger partial charge < -0.3 is 10.1 Å². The topological polar surface area (TPSA) is 21.3 Å². The van der Waals surface area contributed by atoms with Crippen molar-refractivity contribution in [2.45, 2.75) is 20.1 Å². The zero-order valence-corrected chi connectivity index (χ0v) is 12.7. The second kappa shape index (κ2) is 6.22. The van der Waals surface area contributed by atoms with Gasteiger partial charge in [-0.15, -0.1) is 11.3 Å². The Hall–Kier alpha value is -0.320. The maximum Gasteiger partial charge on any atom is 0.0731 e. The summed E-state index contributed by atoms with van der Waals surface area (Å²) >= 11 is 14.2. The van der Waals surface area contributed by atoms with Crippen LogP contribution in [0.2, 0.25) is 10.0 Å². The molecule has 0 spiro atoms. The Labute approximate surface area is 121 Å². The third-order valence-electron chi connectivity index (χ3n) is 2.75. The molecule has 1 aromatic carbocycles. The van der Waals surface area contributed by atoms with Gasteiger partial charge in [0.25, 0.3) is 0 Å². The number of benzene rings is 1. The highest BCUT2D eigenvalue weighted by molar-refractivity contribution is 7.20. The van der Waals surface area contributed by atoms with Gasteiger partial charge in [-0.3, -0.25) is 0 Å². The molecule has 0 radical (unpaired) electrons. The van der Waals surface area contributed by atoms with E-state index in [1.54, 1.807) is 18.4 Å². The molecule has 0 amide bonds. The molecule has 0 fully saturated rings. The van der Waals surface area contributed by atoms with E-state index >= 15 is 0 Å². The van der Waals surface area contributed by atoms with E-state index in [4.69, 9.17) is 27.9 Å². The monoisotopic (exact) mass is 303 g/mol. The van der Waals surface area contributed by atoms with Gasteiger partial charge in [-0.25, -0.2) is 0 Å². The van der Waals surface area contributed by atoms with Crippen LogP contribution in [-0.4, -0.2) is 13.7 Å². The number of halogens is 2. The number of methoxy groups -OCH3 is 1. The van der Waals surface area contributed by atoms with E-state index in [-0.39, 0.29) is 0 Å². The van der Waals surface area contributed by atoms with Crippen LogP contribution in [0.3, 0.4) is 0 Å². The number of fused-ring (bicyclic) bond motifs is 1. The molecule has 2 rings (SSSR count). The Morgan fingerprint density at radius 3 is 2.67 bits per heavy atom. The van der Waals surface area contributed by atoms with E-state index in [1.165, 1.54) is 4.88 Å². The Morgan fingerprint density at radius 1 is 1.28 bits per heavy atom. The average molecular weight is 304 g/mol. The Morgan fingerprint density at radius 2 is 2.00 bits per heavy atom. The Bertz CT molecular complexity index is 553. The van der Waals surface area contributed by atoms with Crippen molar-refractivity contribution >= 4 is 44.6 Å². The minimum absolute atomic E-state index is 0.556. The summed E-state index contributed by atoms with van der Waals surface area (Å²) in [7, 11) is 1.69. The molecular weight excluding hydrogens is 289 g/mol. The van der Waals surface area contributed by atoms with Crippen molar-refractivity contribution in [3.05, 3.63) is 32.6 Å². The summed E-state index contributed by atoms with van der Waals surface area (Å²) in [6, 6.07) is 3.69. The molecule has 18 heavy (non-hydrogen) atoms. The predicted octanol–water partition coefficient (Wildman–Crippen LogP) is 4.46. The Kier molecular flexibility index (Phi) is 4.87. The van der Waals surface area contributed by atoms with Crippen LogP contribution >= 0.6 is 34.5 Å². The molecule has 1 aromatic heterocycles. The van der Waals surface area contributed by atoms with Crippen LogP contribution in [-0.2, 0) is 17.9 Å². The standard InChI is InChI=1S/C13H15Cl2NOS/c1-3-16-6-11-8(7-17-2)12-9(14)4-5-10(15)13(12)18-11/h4-5,16H,3,6-7H2,1-2H3. The first-order chi connectivity index (χ1) is 8.69. The van der Waals surface area contributed by atoms with Crippen molar-refractivity contribution in [2.75, 3.05) is 13.7 Å². The van der Waals surface area contributed by atoms with Crippen molar-refractivity contribution in [3.8, 4) is 0 Å². The van der Waals surface area contributed by atoms with Crippen molar-refractivity contribution in [3.63, 3.8) is 0 Å². The molecule has 0 atom stereocenters. The fourth-order valence-corrected chi connectivity index (χ4v) is 3.72. The van der Waals surface area contributed by atoms with Crippen molar-refractivity contribution in [1.82, 2.24) is 5.32 Å². The highest BCUT2D eigenvalue weighted by Crippen LogP contribution is 2.40. The number of hydrogen-bond donors (Lipinski definition) is 1. The SMILES string of the molecule is CCNCc1sc2c(Cl)ccc(Cl)c2c1COC. The lowest BCUT2D eigenvalue weighted by molar-refractivity contribution is 0.185. The van der Waals surface area contributed by atoms with Gasteiger partial charge in [0, 0.05) is 34.5 Å². The van der Waals surface area contributed by atoms with Gasteiger partial charge in [-0.05, 0) is 18.7 Å². The highest BCUT2D eigenvalue weighted by Gasteiger charge is 2.16. The number of thiophene rings is 1. The van der Waals surface area contributed by atoms with Gasteiger partial charge in [0.2, 0.25) is 0 Å². The van der Waals surface area contributed by atoms with E-state index in [9.17, 15) is 0 Å². The van der Waals surface area contributed by atoms with E-state index in [1.807, 2.05) is 12.1 Å². The van der Waals surface area contributed by atoms with Crippen molar-refractivity contribution in [2.24, 2.45) is 0 Å². The van der Waals surface area contributed by atoms with E-state index in [0.29, 0.717) is 6.61 Å². The molecule has 0 saturated carbocycles. The molecule has 0 aliphatic heterocycles. The first-order valence-corrected chi connectivity index (χ1v) is 7.34. The smallest absolute Gasteiger partial charge is 0.0731 e. The van der Waals surface area contributed by atoms with Crippen molar-refractivity contribution < 1.29 is 4.74 Å². The van der Waals surface area contributed by atoms with Crippen LogP contribution in [0, 0.1) is 0 Å². The first kappa shape index (κ1) is 14.1. The van der Waals surface area contributed by atoms with Crippen LogP contribution in [0.25, 0.3) is 10.1 Å². The lowest BCUT2D eigenvalue weighted by Crippen LogP contribution is -2.11. The summed E-state index contributed by atoms with van der Waals surface area (Å²) in [5.74, 6) is 0. The molecule has 0 saturated heterocycles. The summed E-state index contributed by atoms with van der Waals surface area (Å²) in [6.07, 6.45) is 0. The van der Waals surface area contributed by atoms with Gasteiger partial charge >= 0.3 is 0 Å². The quantitative estimate of drug-likeness (QED) is 0.880. The molecule has 98 valence electrons. The zero-order valence-electron chi connectivity index (χ0n) is 10.3. The fraction of sp³-hybridized carbons (Fsp3) is 0.385. The maximum atomic E-state index is 6.29. The summed E-state index contributed by atoms with van der Waals surface area (Å²) in [4.78, 5) is 1.24. The Balaban J connectivity index is 2.59. The lowest BCUT2D eigenvalue weighted by Gasteiger charge is -2.05. The van der Waals surface area contributed by atoms with Crippen LogP contribution < -0.4 is 5.32 Å². The summed E-state index contributed by atoms with van der Waals surface area (Å²) < 4.78 is 6.33. The molecule has 0 unspecified atom stereocenters. The minimum Gasteiger partial charge on any atom is -0.380 e. The van der Waals surface area contributed by atoms with Gasteiger partial charge in [0.15, 0.2) is 0 Å². The van der Waals surface area contributed by atoms with Crippen LogP contribution in [0.5, 0.6) is 0 Å². The number of rotatable bonds is 5. The molecule has 0 bridgehead atoms. The number of hydrogen-bond acceptors (Lipinski definition) is 3. The fourth-order valence-electron chi connectivity index (χ4n) is 1.92. The molecule has 0 aliphatic rings. The summed E-state index contributed by atoms with van der Waals surface area (Å²) in [5.41, 5.74) is 1.14. The van der Waals surface area contributed by atoms with Gasteiger partial charge in [0.1, 0.15) is 0 Å². The third kappa shape index (κ3) is 2.65. The third-order valence-corrected chi connectivity index (χ3v) is 4.75. The average Bonchev–Trinajstić information content (AvgIpc) is 2.72. The van der Waals surface area contributed by atoms with Gasteiger partial charge in [-0.2, -0.15) is 0 Å². The number of nitrogens with one attached hydrogen (secondary N) is 1. The molecule has 1 N–H and O–H groups in total. The minimum atomic E-state index is 0.556. The molecule has 2 nitrogen and oxygen atoms in total. The normalized spacial score (nSPS) is 11.3. The van der Waals surface area contributed by atoms with E-state index in [2.05, 4.69) is 12.2 Å². The van der Waals surface area contributed by atoms with E-state index in [0.717, 1.165) is 38.8 Å². The molecular formula is C13H15Cl2NOS. The van der Waals surface area contributed by atoms with Crippen LogP contribution in [0.15, 0.2) is 12.1 Å². The number of ether oxygens (including phenoxy) is 1. The second-order valence-electron chi connectivity index (χ2n) is 3.95. The lowest BCUT2D eigenvalue weighted by atomic mass is 10.1. The molecule has 2 aromatic rings. The highest BCUT2D eigenvalue weighted by atomic mass is 35.5. The van der Waals surface area contributed by atoms with Gasteiger partial charge in [0.05, 0.1) is 16.3 Å². The largest absolute Gasteiger partial charge is 0.380 e. The zero-order chi connectivity index (χ0) is 13.1. The summed E-state index contributed by atoms with van der Waals surface area (Å²) in [5, 5.41) is 5.85. The van der Waals surface area contributed by atoms with Crippen LogP contribution in [0.1, 0.15) is 17.4 Å². The maximum absolute atomic E-state index is 6.29. The van der Waals surface area contributed by atoms with E-state index < -0.39 is 0 Å². The first-order valence-electron chi connectivity index (χ1n) is 5.77. The second-order valence-corrected chi connectivity index (χ2v) is 5.87. The predicted molar refractivity (Wildman–Crippen MR) is 79.9 cm³/mol.